The summed E-state index contributed by atoms with van der Waals surface area (Å²) in [6.45, 7) is 2.23. The first kappa shape index (κ1) is 15.7. The standard InChI is InChI=1S/C14H18BrNO3/c1-2-3-9-12(13(15)17)16-14(18)19-10-11-7-5-4-6-8-11/h4-8,12H,2-3,9-10H2,1H3,(H,16,18)/t12-/m0/s1. The third-order valence-electron chi connectivity index (χ3n) is 2.63. The Kier molecular flexibility index (Phi) is 7.18. The molecule has 0 bridgehead atoms. The average Bonchev–Trinajstić information content (AvgIpc) is 2.42. The van der Waals surface area contributed by atoms with Crippen LogP contribution in [0, 0.1) is 0 Å². The first-order valence-corrected chi connectivity index (χ1v) is 7.09. The summed E-state index contributed by atoms with van der Waals surface area (Å²) in [5.74, 6) is 0. The molecular formula is C14H18BrNO3. The van der Waals surface area contributed by atoms with Crippen LogP contribution < -0.4 is 5.32 Å². The quantitative estimate of drug-likeness (QED) is 0.781. The summed E-state index contributed by atoms with van der Waals surface area (Å²) in [7, 11) is 0. The van der Waals surface area contributed by atoms with Gasteiger partial charge in [-0.15, -0.1) is 0 Å². The molecule has 0 heterocycles. The predicted molar refractivity (Wildman–Crippen MR) is 77.0 cm³/mol. The van der Waals surface area contributed by atoms with Crippen LogP contribution in [0.1, 0.15) is 31.7 Å². The minimum atomic E-state index is -0.572. The van der Waals surface area contributed by atoms with Crippen LogP contribution in [0.5, 0.6) is 0 Å². The van der Waals surface area contributed by atoms with Crippen molar-refractivity contribution in [1.29, 1.82) is 0 Å². The van der Waals surface area contributed by atoms with Crippen molar-refractivity contribution in [1.82, 2.24) is 5.32 Å². The van der Waals surface area contributed by atoms with E-state index in [0.717, 1.165) is 18.4 Å². The Hall–Kier alpha value is -1.36. The molecule has 0 saturated carbocycles. The van der Waals surface area contributed by atoms with Gasteiger partial charge in [-0.25, -0.2) is 4.79 Å². The fraction of sp³-hybridized carbons (Fsp3) is 0.429. The summed E-state index contributed by atoms with van der Waals surface area (Å²) >= 11 is 2.89. The summed E-state index contributed by atoms with van der Waals surface area (Å²) in [6.07, 6.45) is 1.89. The van der Waals surface area contributed by atoms with Gasteiger partial charge in [0.25, 0.3) is 0 Å². The third kappa shape index (κ3) is 6.38. The van der Waals surface area contributed by atoms with Crippen LogP contribution in [0.25, 0.3) is 0 Å². The normalized spacial score (nSPS) is 11.7. The lowest BCUT2D eigenvalue weighted by Gasteiger charge is -2.14. The van der Waals surface area contributed by atoms with E-state index in [1.54, 1.807) is 0 Å². The highest BCUT2D eigenvalue weighted by molar-refractivity contribution is 9.18. The van der Waals surface area contributed by atoms with Gasteiger partial charge in [0.05, 0.1) is 0 Å². The Bertz CT molecular complexity index is 408. The van der Waals surface area contributed by atoms with E-state index in [1.165, 1.54) is 0 Å². The summed E-state index contributed by atoms with van der Waals surface area (Å²) in [4.78, 5) is 22.9. The molecule has 1 amide bonds. The fourth-order valence-corrected chi connectivity index (χ4v) is 1.90. The Morgan fingerprint density at radius 3 is 2.58 bits per heavy atom. The molecule has 5 heteroatoms. The van der Waals surface area contributed by atoms with Crippen molar-refractivity contribution in [3.05, 3.63) is 35.9 Å². The van der Waals surface area contributed by atoms with Crippen molar-refractivity contribution < 1.29 is 14.3 Å². The van der Waals surface area contributed by atoms with Gasteiger partial charge in [0.15, 0.2) is 0 Å². The second-order valence-electron chi connectivity index (χ2n) is 4.20. The Morgan fingerprint density at radius 1 is 1.32 bits per heavy atom. The molecule has 0 spiro atoms. The highest BCUT2D eigenvalue weighted by Crippen LogP contribution is 2.06. The molecular weight excluding hydrogens is 310 g/mol. The first-order chi connectivity index (χ1) is 9.13. The van der Waals surface area contributed by atoms with Crippen LogP contribution in [0.3, 0.4) is 0 Å². The van der Waals surface area contributed by atoms with Crippen molar-refractivity contribution in [2.75, 3.05) is 0 Å². The molecule has 0 aliphatic rings. The lowest BCUT2D eigenvalue weighted by molar-refractivity contribution is -0.112. The Labute approximate surface area is 121 Å². The second kappa shape index (κ2) is 8.69. The number of halogens is 1. The van der Waals surface area contributed by atoms with Gasteiger partial charge in [0, 0.05) is 0 Å². The van der Waals surface area contributed by atoms with Crippen molar-refractivity contribution >= 4 is 26.7 Å². The predicted octanol–water partition coefficient (Wildman–Crippen LogP) is 3.39. The maximum absolute atomic E-state index is 11.6. The summed E-state index contributed by atoms with van der Waals surface area (Å²) < 4.78 is 4.84. The van der Waals surface area contributed by atoms with Gasteiger partial charge < -0.3 is 10.1 Å². The van der Waals surface area contributed by atoms with E-state index in [9.17, 15) is 9.59 Å². The van der Waals surface area contributed by atoms with Crippen molar-refractivity contribution in [3.8, 4) is 0 Å². The van der Waals surface area contributed by atoms with Gasteiger partial charge in [0.1, 0.15) is 12.6 Å². The van der Waals surface area contributed by atoms with Gasteiger partial charge in [-0.05, 0) is 27.9 Å². The highest BCUT2D eigenvalue weighted by Gasteiger charge is 2.18. The lowest BCUT2D eigenvalue weighted by Crippen LogP contribution is -2.39. The smallest absolute Gasteiger partial charge is 0.408 e. The number of unbranched alkanes of at least 4 members (excludes halogenated alkanes) is 1. The zero-order valence-corrected chi connectivity index (χ0v) is 12.5. The number of benzene rings is 1. The number of carbonyl (C=O) groups excluding carboxylic acids is 2. The molecule has 0 saturated heterocycles. The van der Waals surface area contributed by atoms with Gasteiger partial charge in [-0.2, -0.15) is 0 Å². The number of amides is 1. The van der Waals surface area contributed by atoms with Crippen LogP contribution in [0.4, 0.5) is 4.79 Å². The van der Waals surface area contributed by atoms with E-state index in [1.807, 2.05) is 37.3 Å². The van der Waals surface area contributed by atoms with Gasteiger partial charge in [-0.1, -0.05) is 50.1 Å². The number of nitrogens with one attached hydrogen (secondary N) is 1. The SMILES string of the molecule is CCCC[C@H](NC(=O)OCc1ccccc1)C(=O)Br. The number of hydrogen-bond donors (Lipinski definition) is 1. The van der Waals surface area contributed by atoms with E-state index in [4.69, 9.17) is 4.74 Å². The molecule has 104 valence electrons. The van der Waals surface area contributed by atoms with Crippen molar-refractivity contribution in [2.24, 2.45) is 0 Å². The largest absolute Gasteiger partial charge is 0.445 e. The summed E-state index contributed by atoms with van der Waals surface area (Å²) in [6, 6.07) is 8.87. The Balaban J connectivity index is 2.38. The zero-order valence-electron chi connectivity index (χ0n) is 10.9. The summed E-state index contributed by atoms with van der Waals surface area (Å²) in [5.41, 5.74) is 0.910. The Morgan fingerprint density at radius 2 is 2.00 bits per heavy atom. The highest BCUT2D eigenvalue weighted by atomic mass is 79.9. The zero-order chi connectivity index (χ0) is 14.1. The van der Waals surface area contributed by atoms with Crippen LogP contribution in [-0.2, 0) is 16.1 Å². The van der Waals surface area contributed by atoms with E-state index in [0.29, 0.717) is 6.42 Å². The average molecular weight is 328 g/mol. The molecule has 0 unspecified atom stereocenters. The van der Waals surface area contributed by atoms with Gasteiger partial charge in [0.2, 0.25) is 4.69 Å². The number of hydrogen-bond acceptors (Lipinski definition) is 3. The van der Waals surface area contributed by atoms with E-state index < -0.39 is 12.1 Å². The molecule has 1 aromatic carbocycles. The second-order valence-corrected chi connectivity index (χ2v) is 4.99. The molecule has 0 fully saturated rings. The maximum Gasteiger partial charge on any atom is 0.408 e. The molecule has 1 N–H and O–H groups in total. The van der Waals surface area contributed by atoms with Crippen LogP contribution in [0.2, 0.25) is 0 Å². The monoisotopic (exact) mass is 327 g/mol. The van der Waals surface area contributed by atoms with Gasteiger partial charge >= 0.3 is 6.09 Å². The molecule has 1 aromatic rings. The maximum atomic E-state index is 11.6. The molecule has 0 aliphatic carbocycles. The molecule has 0 radical (unpaired) electrons. The van der Waals surface area contributed by atoms with Crippen molar-refractivity contribution in [2.45, 2.75) is 38.8 Å². The molecule has 0 aromatic heterocycles. The minimum absolute atomic E-state index is 0.198. The van der Waals surface area contributed by atoms with Gasteiger partial charge in [-0.3, -0.25) is 4.79 Å². The lowest BCUT2D eigenvalue weighted by atomic mass is 10.1. The van der Waals surface area contributed by atoms with Crippen LogP contribution >= 0.6 is 15.9 Å². The number of alkyl carbamates (subject to hydrolysis) is 1. The van der Waals surface area contributed by atoms with Crippen LogP contribution in [0.15, 0.2) is 30.3 Å². The summed E-state index contributed by atoms with van der Waals surface area (Å²) in [5, 5.41) is 2.56. The van der Waals surface area contributed by atoms with E-state index in [2.05, 4.69) is 21.2 Å². The number of ether oxygens (including phenoxy) is 1. The molecule has 0 aliphatic heterocycles. The number of carbonyl (C=O) groups is 2. The third-order valence-corrected chi connectivity index (χ3v) is 3.18. The van der Waals surface area contributed by atoms with E-state index in [-0.39, 0.29) is 11.3 Å². The topological polar surface area (TPSA) is 55.4 Å². The number of rotatable bonds is 7. The first-order valence-electron chi connectivity index (χ1n) is 6.30. The molecule has 1 rings (SSSR count). The van der Waals surface area contributed by atoms with Crippen molar-refractivity contribution in [3.63, 3.8) is 0 Å². The molecule has 1 atom stereocenters. The van der Waals surface area contributed by atoms with Crippen LogP contribution in [-0.4, -0.2) is 16.8 Å². The van der Waals surface area contributed by atoms with E-state index >= 15 is 0 Å². The molecule has 19 heavy (non-hydrogen) atoms. The minimum Gasteiger partial charge on any atom is -0.445 e. The molecule has 4 nitrogen and oxygen atoms in total. The fourth-order valence-electron chi connectivity index (χ4n) is 1.56.